The molecule has 0 fully saturated rings. The zero-order valence-electron chi connectivity index (χ0n) is 10.1. The van der Waals surface area contributed by atoms with Crippen LogP contribution in [0, 0.1) is 0 Å². The number of aromatic nitrogens is 1. The average molecular weight is 267 g/mol. The summed E-state index contributed by atoms with van der Waals surface area (Å²) in [6, 6.07) is 1.53. The second-order valence-corrected chi connectivity index (χ2v) is 3.59. The van der Waals surface area contributed by atoms with Crippen molar-refractivity contribution >= 4 is 17.8 Å². The normalized spacial score (nSPS) is 11.4. The molecular weight excluding hydrogens is 254 g/mol. The molecule has 0 saturated carbocycles. The van der Waals surface area contributed by atoms with E-state index >= 15 is 0 Å². The fourth-order valence-corrected chi connectivity index (χ4v) is 1.36. The largest absolute Gasteiger partial charge is 0.480 e. The number of carbonyl (C=O) groups excluding carboxylic acids is 2. The second-order valence-electron chi connectivity index (χ2n) is 3.59. The Labute approximate surface area is 108 Å². The summed E-state index contributed by atoms with van der Waals surface area (Å²) in [6.45, 7) is 0. The van der Waals surface area contributed by atoms with Crippen molar-refractivity contribution in [2.75, 3.05) is 7.11 Å². The van der Waals surface area contributed by atoms with Gasteiger partial charge in [0.2, 0.25) is 11.8 Å². The number of pyridine rings is 1. The van der Waals surface area contributed by atoms with Gasteiger partial charge in [-0.25, -0.2) is 9.78 Å². The van der Waals surface area contributed by atoms with E-state index in [2.05, 4.69) is 10.3 Å². The summed E-state index contributed by atoms with van der Waals surface area (Å²) < 4.78 is 4.88. The summed E-state index contributed by atoms with van der Waals surface area (Å²) in [5, 5.41) is 11.1. The number of nitrogens with one attached hydrogen (secondary N) is 1. The number of rotatable bonds is 6. The lowest BCUT2D eigenvalue weighted by Crippen LogP contribution is -2.43. The molecule has 0 aliphatic rings. The third-order valence-corrected chi connectivity index (χ3v) is 2.22. The van der Waals surface area contributed by atoms with E-state index in [4.69, 9.17) is 15.6 Å². The highest BCUT2D eigenvalue weighted by Gasteiger charge is 2.24. The SMILES string of the molecule is COc1ncccc1C(=O)N[C@H](CC(N)=O)C(=O)O. The smallest absolute Gasteiger partial charge is 0.326 e. The Morgan fingerprint density at radius 1 is 1.53 bits per heavy atom. The number of amides is 2. The molecule has 8 heteroatoms. The maximum absolute atomic E-state index is 11.9. The van der Waals surface area contributed by atoms with E-state index in [1.807, 2.05) is 0 Å². The lowest BCUT2D eigenvalue weighted by atomic mass is 10.1. The van der Waals surface area contributed by atoms with Crippen LogP contribution in [0.5, 0.6) is 5.88 Å². The molecule has 0 aromatic carbocycles. The average Bonchev–Trinajstić information content (AvgIpc) is 2.37. The van der Waals surface area contributed by atoms with Gasteiger partial charge in [0.05, 0.1) is 13.5 Å². The van der Waals surface area contributed by atoms with Crippen LogP contribution in [0.15, 0.2) is 18.3 Å². The predicted molar refractivity (Wildman–Crippen MR) is 63.5 cm³/mol. The first-order chi connectivity index (χ1) is 8.95. The van der Waals surface area contributed by atoms with Gasteiger partial charge < -0.3 is 20.9 Å². The Balaban J connectivity index is 2.87. The number of carbonyl (C=O) groups is 3. The van der Waals surface area contributed by atoms with Crippen molar-refractivity contribution in [1.29, 1.82) is 0 Å². The fraction of sp³-hybridized carbons (Fsp3) is 0.273. The van der Waals surface area contributed by atoms with Crippen LogP contribution < -0.4 is 15.8 Å². The monoisotopic (exact) mass is 267 g/mol. The molecule has 0 bridgehead atoms. The van der Waals surface area contributed by atoms with Gasteiger partial charge in [0.15, 0.2) is 0 Å². The van der Waals surface area contributed by atoms with E-state index in [9.17, 15) is 14.4 Å². The second kappa shape index (κ2) is 6.34. The first kappa shape index (κ1) is 14.4. The Morgan fingerprint density at radius 3 is 2.74 bits per heavy atom. The molecule has 8 nitrogen and oxygen atoms in total. The number of hydrogen-bond donors (Lipinski definition) is 3. The first-order valence-electron chi connectivity index (χ1n) is 5.26. The van der Waals surface area contributed by atoms with Crippen molar-refractivity contribution in [1.82, 2.24) is 10.3 Å². The summed E-state index contributed by atoms with van der Waals surface area (Å²) >= 11 is 0. The molecule has 0 radical (unpaired) electrons. The minimum absolute atomic E-state index is 0.0585. The minimum Gasteiger partial charge on any atom is -0.480 e. The van der Waals surface area contributed by atoms with Gasteiger partial charge in [0, 0.05) is 6.20 Å². The van der Waals surface area contributed by atoms with Gasteiger partial charge in [-0.2, -0.15) is 0 Å². The number of nitrogens with two attached hydrogens (primary N) is 1. The highest BCUT2D eigenvalue weighted by atomic mass is 16.5. The molecular formula is C11H13N3O5. The van der Waals surface area contributed by atoms with Crippen LogP contribution in [0.1, 0.15) is 16.8 Å². The summed E-state index contributed by atoms with van der Waals surface area (Å²) in [5.74, 6) is -2.83. The van der Waals surface area contributed by atoms with E-state index in [0.717, 1.165) is 0 Å². The molecule has 1 rings (SSSR count). The number of carboxylic acids is 1. The van der Waals surface area contributed by atoms with Crippen molar-refractivity contribution in [3.63, 3.8) is 0 Å². The molecule has 1 aromatic rings. The molecule has 0 saturated heterocycles. The van der Waals surface area contributed by atoms with E-state index in [1.54, 1.807) is 0 Å². The molecule has 0 spiro atoms. The van der Waals surface area contributed by atoms with Crippen LogP contribution in [0.2, 0.25) is 0 Å². The first-order valence-corrected chi connectivity index (χ1v) is 5.26. The van der Waals surface area contributed by atoms with E-state index in [-0.39, 0.29) is 11.4 Å². The Kier molecular flexibility index (Phi) is 4.81. The highest BCUT2D eigenvalue weighted by Crippen LogP contribution is 2.13. The van der Waals surface area contributed by atoms with Crippen molar-refractivity contribution in [2.24, 2.45) is 5.73 Å². The van der Waals surface area contributed by atoms with Crippen LogP contribution in [0.4, 0.5) is 0 Å². The van der Waals surface area contributed by atoms with E-state index in [1.165, 1.54) is 25.4 Å². The van der Waals surface area contributed by atoms with Crippen LogP contribution in [0.3, 0.4) is 0 Å². The van der Waals surface area contributed by atoms with Crippen molar-refractivity contribution in [3.05, 3.63) is 23.9 Å². The quantitative estimate of drug-likeness (QED) is 0.615. The van der Waals surface area contributed by atoms with Gasteiger partial charge in [-0.15, -0.1) is 0 Å². The Hall–Kier alpha value is -2.64. The fourth-order valence-electron chi connectivity index (χ4n) is 1.36. The van der Waals surface area contributed by atoms with Crippen LogP contribution in [0.25, 0.3) is 0 Å². The summed E-state index contributed by atoms with van der Waals surface area (Å²) in [7, 11) is 1.33. The molecule has 1 heterocycles. The lowest BCUT2D eigenvalue weighted by molar-refractivity contribution is -0.140. The van der Waals surface area contributed by atoms with Crippen LogP contribution in [-0.2, 0) is 9.59 Å². The number of primary amides is 1. The standard InChI is InChI=1S/C11H13N3O5/c1-19-10-6(3-2-4-13-10)9(16)14-7(11(17)18)5-8(12)15/h2-4,7H,5H2,1H3,(H2,12,15)(H,14,16)(H,17,18)/t7-/m1/s1. The number of ether oxygens (including phenoxy) is 1. The zero-order valence-corrected chi connectivity index (χ0v) is 10.1. The van der Waals surface area contributed by atoms with Crippen molar-refractivity contribution < 1.29 is 24.2 Å². The van der Waals surface area contributed by atoms with Crippen molar-refractivity contribution in [3.8, 4) is 5.88 Å². The maximum Gasteiger partial charge on any atom is 0.326 e. The van der Waals surface area contributed by atoms with Crippen LogP contribution in [-0.4, -0.2) is 41.0 Å². The molecule has 4 N–H and O–H groups in total. The summed E-state index contributed by atoms with van der Waals surface area (Å²) in [5.41, 5.74) is 4.98. The number of carboxylic acid groups (broad SMARTS) is 1. The summed E-state index contributed by atoms with van der Waals surface area (Å²) in [4.78, 5) is 37.3. The third-order valence-electron chi connectivity index (χ3n) is 2.22. The minimum atomic E-state index is -1.39. The van der Waals surface area contributed by atoms with Gasteiger partial charge >= 0.3 is 5.97 Å². The van der Waals surface area contributed by atoms with Gasteiger partial charge in [0.1, 0.15) is 11.6 Å². The zero-order chi connectivity index (χ0) is 14.4. The molecule has 2 amide bonds. The van der Waals surface area contributed by atoms with E-state index in [0.29, 0.717) is 0 Å². The molecule has 102 valence electrons. The predicted octanol–water partition coefficient (Wildman–Crippen LogP) is -0.851. The van der Waals surface area contributed by atoms with Crippen LogP contribution >= 0.6 is 0 Å². The van der Waals surface area contributed by atoms with Crippen molar-refractivity contribution in [2.45, 2.75) is 12.5 Å². The van der Waals surface area contributed by atoms with E-state index < -0.39 is 30.2 Å². The number of aliphatic carboxylic acids is 1. The molecule has 0 aliphatic heterocycles. The number of methoxy groups -OCH3 is 1. The van der Waals surface area contributed by atoms with Gasteiger partial charge in [-0.1, -0.05) is 0 Å². The number of hydrogen-bond acceptors (Lipinski definition) is 5. The Bertz CT molecular complexity index is 503. The molecule has 1 atom stereocenters. The molecule has 1 aromatic heterocycles. The molecule has 0 unspecified atom stereocenters. The highest BCUT2D eigenvalue weighted by molar-refractivity contribution is 5.99. The third kappa shape index (κ3) is 3.95. The summed E-state index contributed by atoms with van der Waals surface area (Å²) in [6.07, 6.45) is 0.928. The lowest BCUT2D eigenvalue weighted by Gasteiger charge is -2.13. The number of nitrogens with zero attached hydrogens (tertiary/aromatic N) is 1. The molecule has 0 aliphatic carbocycles. The topological polar surface area (TPSA) is 132 Å². The molecule has 19 heavy (non-hydrogen) atoms. The van der Waals surface area contributed by atoms with Gasteiger partial charge in [-0.05, 0) is 12.1 Å². The Morgan fingerprint density at radius 2 is 2.21 bits per heavy atom. The van der Waals surface area contributed by atoms with Gasteiger partial charge in [-0.3, -0.25) is 9.59 Å². The van der Waals surface area contributed by atoms with Gasteiger partial charge in [0.25, 0.3) is 5.91 Å². The maximum atomic E-state index is 11.9.